The van der Waals surface area contributed by atoms with Crippen molar-refractivity contribution in [3.8, 4) is 5.69 Å². The second kappa shape index (κ2) is 7.40. The van der Waals surface area contributed by atoms with Crippen LogP contribution >= 0.6 is 15.9 Å². The molecule has 1 aromatic heterocycles. The summed E-state index contributed by atoms with van der Waals surface area (Å²) < 4.78 is 2.51. The molecule has 0 unspecified atom stereocenters. The van der Waals surface area contributed by atoms with Crippen molar-refractivity contribution < 1.29 is 4.79 Å². The molecule has 3 rings (SSSR count). The van der Waals surface area contributed by atoms with Gasteiger partial charge in [0.1, 0.15) is 0 Å². The number of hydrogen-bond acceptors (Lipinski definition) is 5. The van der Waals surface area contributed by atoms with Gasteiger partial charge in [0.25, 0.3) is 0 Å². The molecule has 126 valence electrons. The molecular weight excluding hydrogens is 382 g/mol. The Morgan fingerprint density at radius 3 is 2.40 bits per heavy atom. The van der Waals surface area contributed by atoms with Crippen LogP contribution in [0.3, 0.4) is 0 Å². The second-order valence-corrected chi connectivity index (χ2v) is 6.51. The highest BCUT2D eigenvalue weighted by molar-refractivity contribution is 9.10. The average Bonchev–Trinajstić information content (AvgIpc) is 3.10. The maximum absolute atomic E-state index is 13.0. The first-order valence-electron chi connectivity index (χ1n) is 7.59. The highest BCUT2D eigenvalue weighted by Crippen LogP contribution is 2.21. The van der Waals surface area contributed by atoms with Crippen molar-refractivity contribution in [1.29, 1.82) is 0 Å². The van der Waals surface area contributed by atoms with E-state index in [0.29, 0.717) is 17.0 Å². The summed E-state index contributed by atoms with van der Waals surface area (Å²) in [5.74, 6) is 0.257. The average molecular weight is 398 g/mol. The zero-order valence-corrected chi connectivity index (χ0v) is 15.4. The van der Waals surface area contributed by atoms with Crippen LogP contribution in [0.4, 0.5) is 0 Å². The van der Waals surface area contributed by atoms with Crippen LogP contribution in [0, 0.1) is 0 Å². The molecule has 0 saturated heterocycles. The van der Waals surface area contributed by atoms with Crippen LogP contribution in [-0.4, -0.2) is 45.0 Å². The van der Waals surface area contributed by atoms with Gasteiger partial charge in [0, 0.05) is 30.3 Å². The van der Waals surface area contributed by atoms with Crippen molar-refractivity contribution in [2.24, 2.45) is 0 Å². The number of allylic oxidation sites excluding steroid dienone is 1. The first-order valence-corrected chi connectivity index (χ1v) is 8.38. The van der Waals surface area contributed by atoms with Crippen LogP contribution in [0.2, 0.25) is 0 Å². The zero-order chi connectivity index (χ0) is 17.8. The van der Waals surface area contributed by atoms with Crippen LogP contribution in [0.5, 0.6) is 0 Å². The number of nitrogens with zero attached hydrogens (tertiary/aromatic N) is 5. The predicted octanol–water partition coefficient (Wildman–Crippen LogP) is 3.21. The summed E-state index contributed by atoms with van der Waals surface area (Å²) in [6.45, 7) is 0. The van der Waals surface area contributed by atoms with Gasteiger partial charge in [-0.25, -0.2) is 0 Å². The van der Waals surface area contributed by atoms with E-state index in [9.17, 15) is 4.79 Å². The number of rotatable bonds is 5. The van der Waals surface area contributed by atoms with E-state index in [1.165, 1.54) is 0 Å². The Morgan fingerprint density at radius 1 is 1.08 bits per heavy atom. The topological polar surface area (TPSA) is 63.9 Å². The molecular formula is C18H16BrN5O. The van der Waals surface area contributed by atoms with Gasteiger partial charge in [0.2, 0.25) is 0 Å². The summed E-state index contributed by atoms with van der Waals surface area (Å²) in [5, 5.41) is 11.9. The third-order valence-corrected chi connectivity index (χ3v) is 3.98. The number of Topliss-reactive ketones (excluding diaryl/α,β-unsaturated/α-hetero) is 1. The second-order valence-electron chi connectivity index (χ2n) is 5.59. The molecule has 0 saturated carbocycles. The summed E-state index contributed by atoms with van der Waals surface area (Å²) >= 11 is 3.41. The van der Waals surface area contributed by atoms with Gasteiger partial charge in [-0.3, -0.25) is 4.79 Å². The number of ketones is 1. The largest absolute Gasteiger partial charge is 0.383 e. The van der Waals surface area contributed by atoms with Crippen molar-refractivity contribution in [2.45, 2.75) is 0 Å². The van der Waals surface area contributed by atoms with Gasteiger partial charge in [0.15, 0.2) is 11.6 Å². The number of carbonyl (C=O) groups is 1. The fourth-order valence-corrected chi connectivity index (χ4v) is 2.60. The monoisotopic (exact) mass is 397 g/mol. The third-order valence-electron chi connectivity index (χ3n) is 3.45. The number of aromatic nitrogens is 4. The van der Waals surface area contributed by atoms with Gasteiger partial charge in [-0.2, -0.15) is 4.68 Å². The maximum Gasteiger partial charge on any atom is 0.198 e. The highest BCUT2D eigenvalue weighted by Gasteiger charge is 2.21. The van der Waals surface area contributed by atoms with Gasteiger partial charge in [-0.15, -0.1) is 5.10 Å². The molecule has 0 aliphatic carbocycles. The lowest BCUT2D eigenvalue weighted by molar-refractivity contribution is 0.105. The first-order chi connectivity index (χ1) is 12.1. The Morgan fingerprint density at radius 2 is 1.76 bits per heavy atom. The van der Waals surface area contributed by atoms with Crippen LogP contribution < -0.4 is 0 Å². The van der Waals surface area contributed by atoms with Crippen molar-refractivity contribution in [2.75, 3.05) is 14.1 Å². The minimum Gasteiger partial charge on any atom is -0.383 e. The van der Waals surface area contributed by atoms with Crippen LogP contribution in [0.15, 0.2) is 65.3 Å². The van der Waals surface area contributed by atoms with E-state index in [0.717, 1.165) is 10.2 Å². The normalized spacial score (nSPS) is 11.4. The van der Waals surface area contributed by atoms with Crippen molar-refractivity contribution in [1.82, 2.24) is 25.1 Å². The van der Waals surface area contributed by atoms with E-state index in [1.54, 1.807) is 27.9 Å². The van der Waals surface area contributed by atoms with Crippen molar-refractivity contribution in [3.63, 3.8) is 0 Å². The van der Waals surface area contributed by atoms with Gasteiger partial charge in [-0.1, -0.05) is 46.3 Å². The standard InChI is InChI=1S/C18H16BrN5O/c1-23(2)12-16(17(25)13-6-4-3-5-7-13)18-20-21-22-24(18)15-10-8-14(19)9-11-15/h3-12H,1-2H3. The van der Waals surface area contributed by atoms with Crippen molar-refractivity contribution in [3.05, 3.63) is 76.7 Å². The van der Waals surface area contributed by atoms with Crippen LogP contribution in [-0.2, 0) is 0 Å². The van der Waals surface area contributed by atoms with E-state index in [-0.39, 0.29) is 5.78 Å². The maximum atomic E-state index is 13.0. The molecule has 0 N–H and O–H groups in total. The Hall–Kier alpha value is -2.80. The van der Waals surface area contributed by atoms with Gasteiger partial charge < -0.3 is 4.90 Å². The summed E-state index contributed by atoms with van der Waals surface area (Å²) in [7, 11) is 3.71. The lowest BCUT2D eigenvalue weighted by Gasteiger charge is -2.12. The van der Waals surface area contributed by atoms with Crippen LogP contribution in [0.1, 0.15) is 16.2 Å². The predicted molar refractivity (Wildman–Crippen MR) is 99.3 cm³/mol. The molecule has 6 nitrogen and oxygen atoms in total. The minimum absolute atomic E-state index is 0.137. The van der Waals surface area contributed by atoms with E-state index in [2.05, 4.69) is 31.5 Å². The Kier molecular flexibility index (Phi) is 5.04. The number of benzene rings is 2. The molecule has 3 aromatic rings. The van der Waals surface area contributed by atoms with Crippen molar-refractivity contribution >= 4 is 27.3 Å². The van der Waals surface area contributed by atoms with Crippen LogP contribution in [0.25, 0.3) is 11.3 Å². The number of carbonyl (C=O) groups excluding carboxylic acids is 1. The highest BCUT2D eigenvalue weighted by atomic mass is 79.9. The van der Waals surface area contributed by atoms with Gasteiger partial charge in [-0.05, 0) is 34.7 Å². The Balaban J connectivity index is 2.09. The first kappa shape index (κ1) is 17.0. The van der Waals surface area contributed by atoms with Gasteiger partial charge >= 0.3 is 0 Å². The molecule has 2 aromatic carbocycles. The minimum atomic E-state index is -0.137. The number of tetrazole rings is 1. The number of halogens is 1. The summed E-state index contributed by atoms with van der Waals surface area (Å²) in [5.41, 5.74) is 1.78. The Labute approximate surface area is 153 Å². The SMILES string of the molecule is CN(C)C=C(C(=O)c1ccccc1)c1nnnn1-c1ccc(Br)cc1. The molecule has 0 spiro atoms. The quantitative estimate of drug-likeness (QED) is 0.488. The summed E-state index contributed by atoms with van der Waals surface area (Å²) in [6, 6.07) is 16.6. The molecule has 0 bridgehead atoms. The lowest BCUT2D eigenvalue weighted by Crippen LogP contribution is -2.13. The molecule has 7 heteroatoms. The van der Waals surface area contributed by atoms with E-state index < -0.39 is 0 Å². The molecule has 0 atom stereocenters. The molecule has 0 aliphatic rings. The summed E-state index contributed by atoms with van der Waals surface area (Å²) in [6.07, 6.45) is 1.73. The molecule has 0 fully saturated rings. The summed E-state index contributed by atoms with van der Waals surface area (Å²) in [4.78, 5) is 14.8. The third kappa shape index (κ3) is 3.83. The van der Waals surface area contributed by atoms with Gasteiger partial charge in [0.05, 0.1) is 11.3 Å². The zero-order valence-electron chi connectivity index (χ0n) is 13.8. The van der Waals surface area contributed by atoms with E-state index in [4.69, 9.17) is 0 Å². The molecule has 1 heterocycles. The molecule has 0 amide bonds. The Bertz CT molecular complexity index is 901. The lowest BCUT2D eigenvalue weighted by atomic mass is 10.0. The van der Waals surface area contributed by atoms with E-state index in [1.807, 2.05) is 56.6 Å². The van der Waals surface area contributed by atoms with E-state index >= 15 is 0 Å². The fourth-order valence-electron chi connectivity index (χ4n) is 2.33. The number of hydrogen-bond donors (Lipinski definition) is 0. The molecule has 25 heavy (non-hydrogen) atoms. The molecule has 0 aliphatic heterocycles. The fraction of sp³-hybridized carbons (Fsp3) is 0.111. The smallest absolute Gasteiger partial charge is 0.198 e. The molecule has 0 radical (unpaired) electrons.